The first-order chi connectivity index (χ1) is 15.1. The lowest BCUT2D eigenvalue weighted by atomic mass is 9.97. The third-order valence-electron chi connectivity index (χ3n) is 4.97. The van der Waals surface area contributed by atoms with Gasteiger partial charge >= 0.3 is 6.18 Å². The Bertz CT molecular complexity index is 971. The number of methoxy groups -OCH3 is 1. The number of carbonyl (C=O) groups excluding carboxylic acids is 2. The highest BCUT2D eigenvalue weighted by Gasteiger charge is 2.43. The van der Waals surface area contributed by atoms with E-state index in [0.29, 0.717) is 18.6 Å². The van der Waals surface area contributed by atoms with E-state index in [2.05, 4.69) is 10.6 Å². The van der Waals surface area contributed by atoms with Crippen molar-refractivity contribution in [2.24, 2.45) is 0 Å². The zero-order valence-corrected chi connectivity index (χ0v) is 17.5. The van der Waals surface area contributed by atoms with Gasteiger partial charge in [-0.15, -0.1) is 0 Å². The molecule has 1 atom stereocenters. The molecule has 1 heterocycles. The molecule has 2 aromatic rings. The Labute approximate surface area is 182 Å². The lowest BCUT2D eigenvalue weighted by Crippen LogP contribution is -2.58. The maximum absolute atomic E-state index is 13.3. The number of nitrogens with one attached hydrogen (secondary N) is 2. The second-order valence-corrected chi connectivity index (χ2v) is 7.35. The molecular weight excluding hydrogens is 429 g/mol. The first-order valence-electron chi connectivity index (χ1n) is 9.80. The van der Waals surface area contributed by atoms with E-state index >= 15 is 0 Å². The van der Waals surface area contributed by atoms with Crippen LogP contribution in [0.4, 0.5) is 13.2 Å². The number of benzene rings is 2. The Kier molecular flexibility index (Phi) is 6.93. The third-order valence-corrected chi connectivity index (χ3v) is 4.97. The summed E-state index contributed by atoms with van der Waals surface area (Å²) in [5.41, 5.74) is -1.35. The van der Waals surface area contributed by atoms with Crippen molar-refractivity contribution in [2.45, 2.75) is 31.6 Å². The van der Waals surface area contributed by atoms with Crippen molar-refractivity contribution in [3.63, 3.8) is 0 Å². The van der Waals surface area contributed by atoms with Crippen molar-refractivity contribution in [1.82, 2.24) is 10.6 Å². The molecule has 172 valence electrons. The molecule has 1 fully saturated rings. The van der Waals surface area contributed by atoms with E-state index in [9.17, 15) is 22.8 Å². The molecule has 0 saturated carbocycles. The zero-order chi connectivity index (χ0) is 23.4. The van der Waals surface area contributed by atoms with Crippen LogP contribution >= 0.6 is 0 Å². The summed E-state index contributed by atoms with van der Waals surface area (Å²) >= 11 is 0. The first-order valence-corrected chi connectivity index (χ1v) is 9.80. The van der Waals surface area contributed by atoms with Gasteiger partial charge in [-0.2, -0.15) is 13.2 Å². The van der Waals surface area contributed by atoms with Gasteiger partial charge in [0.1, 0.15) is 28.4 Å². The topological polar surface area (TPSA) is 85.9 Å². The van der Waals surface area contributed by atoms with E-state index < -0.39 is 17.3 Å². The van der Waals surface area contributed by atoms with E-state index in [0.717, 1.165) is 6.07 Å². The molecule has 3 rings (SSSR count). The summed E-state index contributed by atoms with van der Waals surface area (Å²) in [5, 5.41) is 5.42. The number of carbonyl (C=O) groups is 2. The predicted octanol–water partition coefficient (Wildman–Crippen LogP) is 3.42. The Morgan fingerprint density at radius 3 is 2.38 bits per heavy atom. The lowest BCUT2D eigenvalue weighted by molar-refractivity contribution is -0.138. The predicted molar refractivity (Wildman–Crippen MR) is 108 cm³/mol. The van der Waals surface area contributed by atoms with Gasteiger partial charge in [-0.3, -0.25) is 9.59 Å². The molecule has 0 spiro atoms. The Balaban J connectivity index is 1.66. The summed E-state index contributed by atoms with van der Waals surface area (Å²) in [7, 11) is 1.28. The monoisotopic (exact) mass is 452 g/mol. The second-order valence-electron chi connectivity index (χ2n) is 7.35. The molecule has 0 aromatic heterocycles. The maximum atomic E-state index is 13.3. The van der Waals surface area contributed by atoms with E-state index in [1.165, 1.54) is 38.3 Å². The Hall–Kier alpha value is -3.27. The van der Waals surface area contributed by atoms with Crippen molar-refractivity contribution in [3.05, 3.63) is 53.6 Å². The second kappa shape index (κ2) is 9.47. The van der Waals surface area contributed by atoms with Gasteiger partial charge in [0.25, 0.3) is 0 Å². The van der Waals surface area contributed by atoms with Crippen LogP contribution < -0.4 is 20.1 Å². The first kappa shape index (κ1) is 23.4. The Morgan fingerprint density at radius 2 is 1.81 bits per heavy atom. The Morgan fingerprint density at radius 1 is 1.12 bits per heavy atom. The third kappa shape index (κ3) is 5.50. The molecule has 2 N–H and O–H groups in total. The number of halogens is 3. The number of amides is 2. The smallest absolute Gasteiger partial charge is 0.420 e. The molecule has 32 heavy (non-hydrogen) atoms. The average Bonchev–Trinajstić information content (AvgIpc) is 3.21. The van der Waals surface area contributed by atoms with Crippen molar-refractivity contribution in [1.29, 1.82) is 0 Å². The van der Waals surface area contributed by atoms with Gasteiger partial charge in [0, 0.05) is 26.5 Å². The summed E-state index contributed by atoms with van der Waals surface area (Å²) in [6, 6.07) is 9.72. The van der Waals surface area contributed by atoms with Gasteiger partial charge < -0.3 is 24.8 Å². The number of alkyl halides is 3. The summed E-state index contributed by atoms with van der Waals surface area (Å²) < 4.78 is 55.6. The van der Waals surface area contributed by atoms with E-state index in [-0.39, 0.29) is 42.2 Å². The normalized spacial score (nSPS) is 18.2. The average molecular weight is 452 g/mol. The van der Waals surface area contributed by atoms with Crippen LogP contribution in [0, 0.1) is 0 Å². The van der Waals surface area contributed by atoms with Crippen molar-refractivity contribution in [2.75, 3.05) is 20.3 Å². The zero-order valence-electron chi connectivity index (χ0n) is 17.5. The van der Waals surface area contributed by atoms with Crippen LogP contribution in [0.2, 0.25) is 0 Å². The molecule has 0 bridgehead atoms. The number of rotatable bonds is 7. The number of hydrogen-bond donors (Lipinski definition) is 2. The van der Waals surface area contributed by atoms with Crippen LogP contribution in [-0.2, 0) is 27.0 Å². The van der Waals surface area contributed by atoms with Crippen molar-refractivity contribution >= 4 is 11.8 Å². The van der Waals surface area contributed by atoms with Gasteiger partial charge in [0.05, 0.1) is 13.7 Å². The lowest BCUT2D eigenvalue weighted by Gasteiger charge is -2.26. The fraction of sp³-hybridized carbons (Fsp3) is 0.364. The van der Waals surface area contributed by atoms with Gasteiger partial charge in [-0.25, -0.2) is 0 Å². The van der Waals surface area contributed by atoms with Crippen LogP contribution in [-0.4, -0.2) is 37.7 Å². The maximum Gasteiger partial charge on any atom is 0.420 e. The van der Waals surface area contributed by atoms with Crippen LogP contribution in [0.3, 0.4) is 0 Å². The molecule has 2 aromatic carbocycles. The molecule has 7 nitrogen and oxygen atoms in total. The molecule has 10 heteroatoms. The van der Waals surface area contributed by atoms with Gasteiger partial charge in [0.2, 0.25) is 11.8 Å². The SMILES string of the molecule is COc1ccc(Oc2ccc(CNC(=O)C3(NC(C)=O)CCOC3)cc2)c(C(F)(F)F)c1. The minimum Gasteiger partial charge on any atom is -0.497 e. The largest absolute Gasteiger partial charge is 0.497 e. The molecule has 1 aliphatic heterocycles. The van der Waals surface area contributed by atoms with Gasteiger partial charge in [-0.1, -0.05) is 12.1 Å². The van der Waals surface area contributed by atoms with E-state index in [4.69, 9.17) is 14.2 Å². The quantitative estimate of drug-likeness (QED) is 0.673. The highest BCUT2D eigenvalue weighted by atomic mass is 19.4. The van der Waals surface area contributed by atoms with Gasteiger partial charge in [0.15, 0.2) is 0 Å². The van der Waals surface area contributed by atoms with Crippen LogP contribution in [0.15, 0.2) is 42.5 Å². The highest BCUT2D eigenvalue weighted by molar-refractivity contribution is 5.91. The number of ether oxygens (including phenoxy) is 3. The van der Waals surface area contributed by atoms with Crippen LogP contribution in [0.25, 0.3) is 0 Å². The highest BCUT2D eigenvalue weighted by Crippen LogP contribution is 2.40. The molecule has 1 aliphatic rings. The minimum absolute atomic E-state index is 0.0699. The molecular formula is C22H23F3N2O5. The van der Waals surface area contributed by atoms with Crippen molar-refractivity contribution in [3.8, 4) is 17.2 Å². The van der Waals surface area contributed by atoms with Gasteiger partial charge in [-0.05, 0) is 35.9 Å². The molecule has 0 radical (unpaired) electrons. The summed E-state index contributed by atoms with van der Waals surface area (Å²) in [6.45, 7) is 1.95. The fourth-order valence-corrected chi connectivity index (χ4v) is 3.34. The standard InChI is InChI=1S/C22H23F3N2O5/c1-14(28)27-21(9-10-31-13-21)20(29)26-12-15-3-5-16(6-4-15)32-19-8-7-17(30-2)11-18(19)22(23,24)25/h3-8,11H,9-10,12-13H2,1-2H3,(H,26,29)(H,27,28). The molecule has 0 aliphatic carbocycles. The molecule has 2 amide bonds. The van der Waals surface area contributed by atoms with Crippen LogP contribution in [0.1, 0.15) is 24.5 Å². The van der Waals surface area contributed by atoms with E-state index in [1.807, 2.05) is 0 Å². The van der Waals surface area contributed by atoms with Crippen LogP contribution in [0.5, 0.6) is 17.2 Å². The summed E-state index contributed by atoms with van der Waals surface area (Å²) in [6.07, 6.45) is -4.24. The number of hydrogen-bond acceptors (Lipinski definition) is 5. The van der Waals surface area contributed by atoms with Crippen molar-refractivity contribution < 1.29 is 37.0 Å². The fourth-order valence-electron chi connectivity index (χ4n) is 3.34. The minimum atomic E-state index is -4.61. The summed E-state index contributed by atoms with van der Waals surface area (Å²) in [4.78, 5) is 24.1. The molecule has 1 saturated heterocycles. The van der Waals surface area contributed by atoms with E-state index in [1.54, 1.807) is 12.1 Å². The molecule has 1 unspecified atom stereocenters. The summed E-state index contributed by atoms with van der Waals surface area (Å²) in [5.74, 6) is -0.768.